The molecule has 0 radical (unpaired) electrons. The lowest BCUT2D eigenvalue weighted by atomic mass is 10.0. The Morgan fingerprint density at radius 3 is 2.56 bits per heavy atom. The van der Waals surface area contributed by atoms with Crippen LogP contribution in [0.15, 0.2) is 51.7 Å². The highest BCUT2D eigenvalue weighted by Gasteiger charge is 2.25. The van der Waals surface area contributed by atoms with Crippen LogP contribution in [0, 0.1) is 0 Å². The molecule has 132 valence electrons. The fourth-order valence-electron chi connectivity index (χ4n) is 3.03. The van der Waals surface area contributed by atoms with Crippen LogP contribution in [0.1, 0.15) is 35.2 Å². The summed E-state index contributed by atoms with van der Waals surface area (Å²) in [5.41, 5.74) is 1.72. The number of rotatable bonds is 5. The third-order valence-electron chi connectivity index (χ3n) is 4.45. The van der Waals surface area contributed by atoms with Gasteiger partial charge in [-0.15, -0.1) is 0 Å². The maximum absolute atomic E-state index is 12.4. The summed E-state index contributed by atoms with van der Waals surface area (Å²) in [6.07, 6.45) is 4.26. The van der Waals surface area contributed by atoms with Crippen molar-refractivity contribution in [1.82, 2.24) is 10.2 Å². The lowest BCUT2D eigenvalue weighted by molar-refractivity contribution is -0.122. The Labute approximate surface area is 155 Å². The van der Waals surface area contributed by atoms with Crippen molar-refractivity contribution in [1.29, 1.82) is 0 Å². The standard InChI is InChI=1S/C19H21BrN2O3/c20-17-12-15(13-25-17)19(24)22-10-8-16(9-11-22)21-18(23)7-6-14-4-2-1-3-5-14/h1-5,12-13,16H,6-11H2,(H,21,23). The molecule has 1 aromatic heterocycles. The summed E-state index contributed by atoms with van der Waals surface area (Å²) in [7, 11) is 0. The number of halogens is 1. The van der Waals surface area contributed by atoms with Crippen molar-refractivity contribution in [3.8, 4) is 0 Å². The predicted molar refractivity (Wildman–Crippen MR) is 98.2 cm³/mol. The number of carbonyl (C=O) groups excluding carboxylic acids is 2. The van der Waals surface area contributed by atoms with E-state index in [0.29, 0.717) is 29.7 Å². The van der Waals surface area contributed by atoms with Crippen molar-refractivity contribution in [2.75, 3.05) is 13.1 Å². The summed E-state index contributed by atoms with van der Waals surface area (Å²) >= 11 is 3.21. The molecule has 0 spiro atoms. The molecule has 0 bridgehead atoms. The van der Waals surface area contributed by atoms with Gasteiger partial charge in [-0.3, -0.25) is 9.59 Å². The van der Waals surface area contributed by atoms with Gasteiger partial charge < -0.3 is 14.6 Å². The first-order chi connectivity index (χ1) is 12.1. The molecule has 1 N–H and O–H groups in total. The van der Waals surface area contributed by atoms with Crippen molar-refractivity contribution < 1.29 is 14.0 Å². The van der Waals surface area contributed by atoms with E-state index in [2.05, 4.69) is 21.2 Å². The molecule has 1 aliphatic rings. The molecule has 1 aromatic carbocycles. The molecule has 2 amide bonds. The summed E-state index contributed by atoms with van der Waals surface area (Å²) in [6, 6.07) is 11.8. The molecule has 6 heteroatoms. The largest absolute Gasteiger partial charge is 0.457 e. The lowest BCUT2D eigenvalue weighted by Gasteiger charge is -2.32. The van der Waals surface area contributed by atoms with Crippen LogP contribution in [-0.2, 0) is 11.2 Å². The Balaban J connectivity index is 1.41. The maximum atomic E-state index is 12.4. The number of piperidine rings is 1. The van der Waals surface area contributed by atoms with E-state index in [0.717, 1.165) is 19.3 Å². The third-order valence-corrected chi connectivity index (χ3v) is 4.86. The van der Waals surface area contributed by atoms with E-state index in [1.165, 1.54) is 11.8 Å². The Morgan fingerprint density at radius 2 is 1.92 bits per heavy atom. The van der Waals surface area contributed by atoms with E-state index in [1.54, 1.807) is 6.07 Å². The van der Waals surface area contributed by atoms with Crippen LogP contribution in [-0.4, -0.2) is 35.8 Å². The van der Waals surface area contributed by atoms with Gasteiger partial charge in [0.15, 0.2) is 4.67 Å². The van der Waals surface area contributed by atoms with Crippen LogP contribution < -0.4 is 5.32 Å². The number of hydrogen-bond acceptors (Lipinski definition) is 3. The van der Waals surface area contributed by atoms with Gasteiger partial charge in [0.25, 0.3) is 5.91 Å². The molecule has 0 aliphatic carbocycles. The minimum atomic E-state index is -0.0247. The number of benzene rings is 1. The van der Waals surface area contributed by atoms with E-state index in [1.807, 2.05) is 35.2 Å². The molecule has 2 heterocycles. The SMILES string of the molecule is O=C(CCc1ccccc1)NC1CCN(C(=O)c2coc(Br)c2)CC1. The predicted octanol–water partition coefficient (Wildman–Crippen LogP) is 3.40. The van der Waals surface area contributed by atoms with Gasteiger partial charge in [-0.25, -0.2) is 0 Å². The molecule has 0 saturated carbocycles. The smallest absolute Gasteiger partial charge is 0.257 e. The number of carbonyl (C=O) groups is 2. The van der Waals surface area contributed by atoms with E-state index in [9.17, 15) is 9.59 Å². The summed E-state index contributed by atoms with van der Waals surface area (Å²) in [4.78, 5) is 26.3. The highest BCUT2D eigenvalue weighted by molar-refractivity contribution is 9.10. The van der Waals surface area contributed by atoms with Gasteiger partial charge >= 0.3 is 0 Å². The highest BCUT2D eigenvalue weighted by Crippen LogP contribution is 2.18. The van der Waals surface area contributed by atoms with Crippen LogP contribution in [0.4, 0.5) is 0 Å². The zero-order valence-corrected chi connectivity index (χ0v) is 15.5. The number of likely N-dealkylation sites (tertiary alicyclic amines) is 1. The van der Waals surface area contributed by atoms with Gasteiger partial charge in [0.2, 0.25) is 5.91 Å². The molecule has 25 heavy (non-hydrogen) atoms. The topological polar surface area (TPSA) is 62.6 Å². The van der Waals surface area contributed by atoms with Crippen molar-refractivity contribution in [3.63, 3.8) is 0 Å². The van der Waals surface area contributed by atoms with Gasteiger partial charge in [0.05, 0.1) is 5.56 Å². The maximum Gasteiger partial charge on any atom is 0.257 e. The quantitative estimate of drug-likeness (QED) is 0.830. The average molecular weight is 405 g/mol. The summed E-state index contributed by atoms with van der Waals surface area (Å²) in [5.74, 6) is 0.0516. The number of amides is 2. The zero-order chi connectivity index (χ0) is 17.6. The molecule has 1 fully saturated rings. The number of nitrogens with zero attached hydrogens (tertiary/aromatic N) is 1. The zero-order valence-electron chi connectivity index (χ0n) is 13.9. The fraction of sp³-hybridized carbons (Fsp3) is 0.368. The Bertz CT molecular complexity index is 721. The Hall–Kier alpha value is -2.08. The molecule has 5 nitrogen and oxygen atoms in total. The Morgan fingerprint density at radius 1 is 1.20 bits per heavy atom. The first-order valence-corrected chi connectivity index (χ1v) is 9.28. The van der Waals surface area contributed by atoms with Gasteiger partial charge in [0.1, 0.15) is 6.26 Å². The minimum absolute atomic E-state index is 0.0247. The molecule has 0 atom stereocenters. The minimum Gasteiger partial charge on any atom is -0.457 e. The molecule has 1 aliphatic heterocycles. The number of furan rings is 1. The second-order valence-corrected chi connectivity index (χ2v) is 7.04. The van der Waals surface area contributed by atoms with Crippen molar-refractivity contribution in [2.45, 2.75) is 31.7 Å². The van der Waals surface area contributed by atoms with Crippen molar-refractivity contribution >= 4 is 27.7 Å². The highest BCUT2D eigenvalue weighted by atomic mass is 79.9. The molecule has 3 rings (SSSR count). The molecular weight excluding hydrogens is 384 g/mol. The monoisotopic (exact) mass is 404 g/mol. The molecule has 1 saturated heterocycles. The van der Waals surface area contributed by atoms with Crippen LogP contribution in [0.5, 0.6) is 0 Å². The summed E-state index contributed by atoms with van der Waals surface area (Å²) in [6.45, 7) is 1.29. The van der Waals surface area contributed by atoms with Crippen LogP contribution >= 0.6 is 15.9 Å². The Kier molecular flexibility index (Phi) is 5.91. The average Bonchev–Trinajstić information content (AvgIpc) is 3.07. The van der Waals surface area contributed by atoms with Crippen LogP contribution in [0.3, 0.4) is 0 Å². The second-order valence-electron chi connectivity index (χ2n) is 6.26. The van der Waals surface area contributed by atoms with Gasteiger partial charge in [-0.1, -0.05) is 30.3 Å². The molecule has 2 aromatic rings. The van der Waals surface area contributed by atoms with E-state index in [4.69, 9.17) is 4.42 Å². The van der Waals surface area contributed by atoms with Gasteiger partial charge in [0, 0.05) is 31.6 Å². The first kappa shape index (κ1) is 17.7. The fourth-order valence-corrected chi connectivity index (χ4v) is 3.37. The van der Waals surface area contributed by atoms with E-state index in [-0.39, 0.29) is 17.9 Å². The van der Waals surface area contributed by atoms with E-state index < -0.39 is 0 Å². The second kappa shape index (κ2) is 8.34. The van der Waals surface area contributed by atoms with Crippen molar-refractivity contribution in [2.24, 2.45) is 0 Å². The van der Waals surface area contributed by atoms with Gasteiger partial charge in [-0.05, 0) is 40.8 Å². The molecule has 0 unspecified atom stereocenters. The van der Waals surface area contributed by atoms with Crippen LogP contribution in [0.2, 0.25) is 0 Å². The summed E-state index contributed by atoms with van der Waals surface area (Å²) < 4.78 is 5.68. The lowest BCUT2D eigenvalue weighted by Crippen LogP contribution is -2.46. The third kappa shape index (κ3) is 4.95. The normalized spacial score (nSPS) is 15.2. The summed E-state index contributed by atoms with van der Waals surface area (Å²) in [5, 5.41) is 3.09. The molecular formula is C19H21BrN2O3. The van der Waals surface area contributed by atoms with Crippen molar-refractivity contribution in [3.05, 3.63) is 58.5 Å². The number of hydrogen-bond donors (Lipinski definition) is 1. The van der Waals surface area contributed by atoms with Gasteiger partial charge in [-0.2, -0.15) is 0 Å². The number of aryl methyl sites for hydroxylation is 1. The van der Waals surface area contributed by atoms with Crippen LogP contribution in [0.25, 0.3) is 0 Å². The number of nitrogens with one attached hydrogen (secondary N) is 1. The van der Waals surface area contributed by atoms with E-state index >= 15 is 0 Å². The first-order valence-electron chi connectivity index (χ1n) is 8.48.